The van der Waals surface area contributed by atoms with Crippen molar-refractivity contribution in [2.75, 3.05) is 14.2 Å². The number of allylic oxidation sites excluding steroid dienone is 3. The minimum atomic E-state index is -0.641. The van der Waals surface area contributed by atoms with Gasteiger partial charge in [0.25, 0.3) is 0 Å². The first-order valence-corrected chi connectivity index (χ1v) is 7.31. The van der Waals surface area contributed by atoms with E-state index in [1.54, 1.807) is 26.3 Å². The molecule has 0 spiro atoms. The van der Waals surface area contributed by atoms with Gasteiger partial charge in [-0.05, 0) is 12.1 Å². The highest BCUT2D eigenvalue weighted by Crippen LogP contribution is 2.50. The van der Waals surface area contributed by atoms with Gasteiger partial charge >= 0.3 is 0 Å². The van der Waals surface area contributed by atoms with Gasteiger partial charge in [0.2, 0.25) is 5.91 Å². The second kappa shape index (κ2) is 6.02. The summed E-state index contributed by atoms with van der Waals surface area (Å²) in [6, 6.07) is 7.63. The minimum absolute atomic E-state index is 0.107. The van der Waals surface area contributed by atoms with Gasteiger partial charge in [0.05, 0.1) is 11.4 Å². The van der Waals surface area contributed by atoms with Gasteiger partial charge in [-0.3, -0.25) is 4.79 Å². The van der Waals surface area contributed by atoms with Crippen molar-refractivity contribution in [1.29, 1.82) is 0 Å². The van der Waals surface area contributed by atoms with Gasteiger partial charge in [0, 0.05) is 29.6 Å². The molecule has 0 saturated carbocycles. The van der Waals surface area contributed by atoms with E-state index in [-0.39, 0.29) is 5.91 Å². The molecule has 20 heavy (non-hydrogen) atoms. The van der Waals surface area contributed by atoms with Crippen molar-refractivity contribution in [3.05, 3.63) is 52.6 Å². The highest BCUT2D eigenvalue weighted by atomic mass is 79.9. The summed E-state index contributed by atoms with van der Waals surface area (Å²) in [7, 11) is 3.23. The molecule has 1 aromatic carbocycles. The standard InChI is InChI=1S/C15H15BrClNO2/c1-18-14(19)10-7-8-13(17)15(16,9-10)11-5-3-4-6-12(11)20-2/h3-8H,9H2,1-2H3,(H,18,19). The number of hydrogen-bond donors (Lipinski definition) is 1. The van der Waals surface area contributed by atoms with Crippen LogP contribution >= 0.6 is 27.5 Å². The van der Waals surface area contributed by atoms with Gasteiger partial charge in [0.15, 0.2) is 0 Å². The number of hydrogen-bond acceptors (Lipinski definition) is 2. The van der Waals surface area contributed by atoms with Crippen LogP contribution in [0, 0.1) is 0 Å². The second-order valence-corrected chi connectivity index (χ2v) is 6.22. The van der Waals surface area contributed by atoms with E-state index in [4.69, 9.17) is 16.3 Å². The molecule has 1 aliphatic carbocycles. The van der Waals surface area contributed by atoms with E-state index >= 15 is 0 Å². The zero-order chi connectivity index (χ0) is 14.8. The van der Waals surface area contributed by atoms with Crippen molar-refractivity contribution in [2.24, 2.45) is 0 Å². The van der Waals surface area contributed by atoms with Crippen LogP contribution in [-0.4, -0.2) is 20.1 Å². The highest BCUT2D eigenvalue weighted by molar-refractivity contribution is 9.09. The number of alkyl halides is 1. The number of rotatable bonds is 3. The Morgan fingerprint density at radius 3 is 2.75 bits per heavy atom. The predicted molar refractivity (Wildman–Crippen MR) is 84.3 cm³/mol. The van der Waals surface area contributed by atoms with Crippen LogP contribution in [0.25, 0.3) is 0 Å². The number of ether oxygens (including phenoxy) is 1. The first kappa shape index (κ1) is 15.1. The van der Waals surface area contributed by atoms with Crippen molar-refractivity contribution < 1.29 is 9.53 Å². The topological polar surface area (TPSA) is 38.3 Å². The third-order valence-corrected chi connectivity index (χ3v) is 5.11. The van der Waals surface area contributed by atoms with Crippen molar-refractivity contribution in [3.63, 3.8) is 0 Å². The molecule has 0 radical (unpaired) electrons. The third-order valence-electron chi connectivity index (χ3n) is 3.30. The second-order valence-electron chi connectivity index (χ2n) is 4.46. The Bertz CT molecular complexity index is 597. The molecule has 1 aliphatic rings. The average Bonchev–Trinajstić information content (AvgIpc) is 2.49. The number of benzene rings is 1. The number of nitrogens with one attached hydrogen (secondary N) is 1. The lowest BCUT2D eigenvalue weighted by atomic mass is 9.86. The number of likely N-dealkylation sites (N-methyl/N-ethyl adjacent to an activating group) is 1. The molecule has 5 heteroatoms. The van der Waals surface area contributed by atoms with E-state index in [1.165, 1.54) is 0 Å². The van der Waals surface area contributed by atoms with E-state index in [2.05, 4.69) is 21.2 Å². The number of para-hydroxylation sites is 1. The van der Waals surface area contributed by atoms with Crippen LogP contribution in [0.3, 0.4) is 0 Å². The molecule has 0 bridgehead atoms. The Balaban J connectivity index is 2.47. The molecular formula is C15H15BrClNO2. The Kier molecular flexibility index (Phi) is 4.55. The first-order chi connectivity index (χ1) is 9.52. The van der Waals surface area contributed by atoms with Gasteiger partial charge in [-0.15, -0.1) is 0 Å². The summed E-state index contributed by atoms with van der Waals surface area (Å²) in [6.07, 6.45) is 3.95. The molecule has 1 N–H and O–H groups in total. The van der Waals surface area contributed by atoms with E-state index in [0.29, 0.717) is 17.0 Å². The van der Waals surface area contributed by atoms with Crippen molar-refractivity contribution >= 4 is 33.4 Å². The molecule has 3 nitrogen and oxygen atoms in total. The van der Waals surface area contributed by atoms with Crippen LogP contribution in [0.1, 0.15) is 12.0 Å². The van der Waals surface area contributed by atoms with Crippen LogP contribution in [-0.2, 0) is 9.12 Å². The molecule has 2 rings (SSSR count). The largest absolute Gasteiger partial charge is 0.496 e. The zero-order valence-corrected chi connectivity index (χ0v) is 13.6. The fraction of sp³-hybridized carbons (Fsp3) is 0.267. The number of methoxy groups -OCH3 is 1. The molecule has 106 valence electrons. The van der Waals surface area contributed by atoms with E-state index in [9.17, 15) is 4.79 Å². The quantitative estimate of drug-likeness (QED) is 0.842. The summed E-state index contributed by atoms with van der Waals surface area (Å²) in [5.41, 5.74) is 1.57. The molecule has 1 unspecified atom stereocenters. The average molecular weight is 357 g/mol. The lowest BCUT2D eigenvalue weighted by Crippen LogP contribution is -2.29. The number of carbonyl (C=O) groups is 1. The smallest absolute Gasteiger partial charge is 0.247 e. The van der Waals surface area contributed by atoms with Gasteiger partial charge in [0.1, 0.15) is 5.75 Å². The summed E-state index contributed by atoms with van der Waals surface area (Å²) in [4.78, 5) is 11.8. The molecule has 1 aromatic rings. The monoisotopic (exact) mass is 355 g/mol. The molecule has 1 atom stereocenters. The number of amides is 1. The van der Waals surface area contributed by atoms with Gasteiger partial charge < -0.3 is 10.1 Å². The molecule has 0 aromatic heterocycles. The third kappa shape index (κ3) is 2.63. The van der Waals surface area contributed by atoms with Gasteiger partial charge in [-0.25, -0.2) is 0 Å². The maximum atomic E-state index is 11.8. The van der Waals surface area contributed by atoms with Crippen molar-refractivity contribution in [1.82, 2.24) is 5.32 Å². The molecule has 0 aliphatic heterocycles. The summed E-state index contributed by atoms with van der Waals surface area (Å²) in [6.45, 7) is 0. The Labute approximate surface area is 131 Å². The maximum Gasteiger partial charge on any atom is 0.247 e. The van der Waals surface area contributed by atoms with Crippen LogP contribution in [0.5, 0.6) is 5.75 Å². The van der Waals surface area contributed by atoms with Crippen LogP contribution in [0.2, 0.25) is 0 Å². The Hall–Kier alpha value is -1.26. The number of carbonyl (C=O) groups excluding carboxylic acids is 1. The summed E-state index contributed by atoms with van der Waals surface area (Å²) in [5, 5.41) is 3.26. The summed E-state index contributed by atoms with van der Waals surface area (Å²) in [5.74, 6) is 0.623. The first-order valence-electron chi connectivity index (χ1n) is 6.14. The zero-order valence-electron chi connectivity index (χ0n) is 11.2. The number of halogens is 2. The van der Waals surface area contributed by atoms with Crippen LogP contribution in [0.15, 0.2) is 47.0 Å². The van der Waals surface area contributed by atoms with Gasteiger partial charge in [-0.1, -0.05) is 51.8 Å². The van der Waals surface area contributed by atoms with E-state index in [0.717, 1.165) is 11.3 Å². The molecular weight excluding hydrogens is 342 g/mol. The Morgan fingerprint density at radius 2 is 2.10 bits per heavy atom. The van der Waals surface area contributed by atoms with Crippen LogP contribution < -0.4 is 10.1 Å². The normalized spacial score (nSPS) is 21.8. The SMILES string of the molecule is CNC(=O)C1=CC=C(Cl)C(Br)(c2ccccc2OC)C1. The Morgan fingerprint density at radius 1 is 1.40 bits per heavy atom. The lowest BCUT2D eigenvalue weighted by molar-refractivity contribution is -0.117. The molecule has 1 amide bonds. The van der Waals surface area contributed by atoms with Crippen molar-refractivity contribution in [3.8, 4) is 5.75 Å². The predicted octanol–water partition coefficient (Wildman–Crippen LogP) is 3.48. The fourth-order valence-electron chi connectivity index (χ4n) is 2.22. The summed E-state index contributed by atoms with van der Waals surface area (Å²) < 4.78 is 4.76. The van der Waals surface area contributed by atoms with Crippen LogP contribution in [0.4, 0.5) is 0 Å². The highest BCUT2D eigenvalue weighted by Gasteiger charge is 2.39. The summed E-state index contributed by atoms with van der Waals surface area (Å²) >= 11 is 10.1. The van der Waals surface area contributed by atoms with Crippen molar-refractivity contribution in [2.45, 2.75) is 10.7 Å². The fourth-order valence-corrected chi connectivity index (χ4v) is 3.22. The van der Waals surface area contributed by atoms with E-state index in [1.807, 2.05) is 24.3 Å². The molecule has 0 fully saturated rings. The minimum Gasteiger partial charge on any atom is -0.496 e. The molecule has 0 heterocycles. The van der Waals surface area contributed by atoms with Gasteiger partial charge in [-0.2, -0.15) is 0 Å². The van der Waals surface area contributed by atoms with E-state index < -0.39 is 4.32 Å². The molecule has 0 saturated heterocycles. The maximum absolute atomic E-state index is 11.8. The lowest BCUT2D eigenvalue weighted by Gasteiger charge is -2.32.